The van der Waals surface area contributed by atoms with Crippen LogP contribution in [-0.2, 0) is 6.42 Å². The normalized spacial score (nSPS) is 19.3. The lowest BCUT2D eigenvalue weighted by Crippen LogP contribution is -2.15. The van der Waals surface area contributed by atoms with Crippen LogP contribution in [0.4, 0.5) is 4.39 Å². The molecule has 0 amide bonds. The smallest absolute Gasteiger partial charge is 0.136 e. The molecule has 29 heavy (non-hydrogen) atoms. The van der Waals surface area contributed by atoms with Crippen LogP contribution in [-0.4, -0.2) is 17.3 Å². The van der Waals surface area contributed by atoms with E-state index in [9.17, 15) is 4.39 Å². The van der Waals surface area contributed by atoms with Crippen molar-refractivity contribution in [3.63, 3.8) is 0 Å². The number of aromatic nitrogens is 2. The van der Waals surface area contributed by atoms with Crippen molar-refractivity contribution in [2.45, 2.75) is 77.6 Å². The zero-order valence-corrected chi connectivity index (χ0v) is 18.0. The number of benzene rings is 1. The maximum atomic E-state index is 14.2. The van der Waals surface area contributed by atoms with Gasteiger partial charge < -0.3 is 4.74 Å². The number of hydrogen-bond acceptors (Lipinski definition) is 3. The van der Waals surface area contributed by atoms with Gasteiger partial charge >= 0.3 is 0 Å². The lowest BCUT2D eigenvalue weighted by atomic mass is 9.78. The lowest BCUT2D eigenvalue weighted by molar-refractivity contribution is 0.248. The molecule has 1 fully saturated rings. The Morgan fingerprint density at radius 3 is 2.31 bits per heavy atom. The van der Waals surface area contributed by atoms with Gasteiger partial charge in [-0.15, -0.1) is 0 Å². The summed E-state index contributed by atoms with van der Waals surface area (Å²) in [6.07, 6.45) is 14.6. The highest BCUT2D eigenvalue weighted by Gasteiger charge is 2.21. The quantitative estimate of drug-likeness (QED) is 0.404. The van der Waals surface area contributed by atoms with E-state index in [4.69, 9.17) is 4.74 Å². The first-order valence-corrected chi connectivity index (χ1v) is 11.4. The van der Waals surface area contributed by atoms with E-state index in [1.807, 2.05) is 12.1 Å². The van der Waals surface area contributed by atoms with Crippen LogP contribution in [0.25, 0.3) is 11.3 Å². The molecule has 3 nitrogen and oxygen atoms in total. The zero-order valence-electron chi connectivity index (χ0n) is 18.0. The second kappa shape index (κ2) is 11.3. The SMILES string of the molecule is CCCCCCC1CCC(CCc2ccc(-c3ccc(OC)cc3F)nn2)CC1. The zero-order chi connectivity index (χ0) is 20.5. The van der Waals surface area contributed by atoms with E-state index in [1.165, 1.54) is 77.4 Å². The largest absolute Gasteiger partial charge is 0.497 e. The number of aryl methyl sites for hydroxylation is 1. The highest BCUT2D eigenvalue weighted by Crippen LogP contribution is 2.34. The van der Waals surface area contributed by atoms with Crippen LogP contribution in [0, 0.1) is 17.7 Å². The van der Waals surface area contributed by atoms with Crippen molar-refractivity contribution in [3.05, 3.63) is 41.8 Å². The molecule has 1 heterocycles. The fourth-order valence-corrected chi connectivity index (χ4v) is 4.49. The van der Waals surface area contributed by atoms with E-state index < -0.39 is 0 Å². The van der Waals surface area contributed by atoms with Gasteiger partial charge in [-0.05, 0) is 48.9 Å². The Labute approximate surface area is 175 Å². The standard InChI is InChI=1S/C25H35FN2O/c1-3-4-5-6-7-19-8-10-20(11-9-19)12-13-21-14-17-25(28-27-21)23-16-15-22(29-2)18-24(23)26/h14-20H,3-13H2,1-2H3. The Morgan fingerprint density at radius 2 is 1.69 bits per heavy atom. The lowest BCUT2D eigenvalue weighted by Gasteiger charge is -2.28. The molecule has 0 radical (unpaired) electrons. The van der Waals surface area contributed by atoms with Crippen LogP contribution in [0.3, 0.4) is 0 Å². The Hall–Kier alpha value is -1.97. The minimum Gasteiger partial charge on any atom is -0.497 e. The summed E-state index contributed by atoms with van der Waals surface area (Å²) in [7, 11) is 1.53. The predicted molar refractivity (Wildman–Crippen MR) is 117 cm³/mol. The highest BCUT2D eigenvalue weighted by atomic mass is 19.1. The molecular formula is C25H35FN2O. The molecule has 0 aliphatic heterocycles. The Morgan fingerprint density at radius 1 is 0.931 bits per heavy atom. The van der Waals surface area contributed by atoms with Crippen LogP contribution in [0.15, 0.2) is 30.3 Å². The summed E-state index contributed by atoms with van der Waals surface area (Å²) in [5.41, 5.74) is 2.03. The van der Waals surface area contributed by atoms with E-state index in [0.29, 0.717) is 17.0 Å². The molecule has 0 spiro atoms. The molecule has 1 aromatic carbocycles. The van der Waals surface area contributed by atoms with E-state index in [2.05, 4.69) is 17.1 Å². The molecule has 0 N–H and O–H groups in total. The van der Waals surface area contributed by atoms with Crippen molar-refractivity contribution in [2.24, 2.45) is 11.8 Å². The minimum atomic E-state index is -0.335. The van der Waals surface area contributed by atoms with Gasteiger partial charge in [0.2, 0.25) is 0 Å². The molecule has 1 saturated carbocycles. The average molecular weight is 399 g/mol. The van der Waals surface area contributed by atoms with Crippen molar-refractivity contribution < 1.29 is 9.13 Å². The molecule has 2 aromatic rings. The topological polar surface area (TPSA) is 35.0 Å². The second-order valence-electron chi connectivity index (χ2n) is 8.53. The first-order chi connectivity index (χ1) is 14.2. The first-order valence-electron chi connectivity index (χ1n) is 11.4. The van der Waals surface area contributed by atoms with Crippen molar-refractivity contribution in [2.75, 3.05) is 7.11 Å². The maximum Gasteiger partial charge on any atom is 0.136 e. The van der Waals surface area contributed by atoms with Gasteiger partial charge in [0.15, 0.2) is 0 Å². The fourth-order valence-electron chi connectivity index (χ4n) is 4.49. The molecular weight excluding hydrogens is 363 g/mol. The van der Waals surface area contributed by atoms with Crippen molar-refractivity contribution in [1.29, 1.82) is 0 Å². The number of nitrogens with zero attached hydrogens (tertiary/aromatic N) is 2. The van der Waals surface area contributed by atoms with Crippen LogP contribution < -0.4 is 4.74 Å². The average Bonchev–Trinajstić information content (AvgIpc) is 2.76. The summed E-state index contributed by atoms with van der Waals surface area (Å²) < 4.78 is 19.3. The van der Waals surface area contributed by atoms with Crippen molar-refractivity contribution >= 4 is 0 Å². The van der Waals surface area contributed by atoms with Gasteiger partial charge in [-0.25, -0.2) is 4.39 Å². The monoisotopic (exact) mass is 398 g/mol. The molecule has 0 atom stereocenters. The third-order valence-corrected chi connectivity index (χ3v) is 6.41. The summed E-state index contributed by atoms with van der Waals surface area (Å²) >= 11 is 0. The number of unbranched alkanes of at least 4 members (excludes halogenated alkanes) is 3. The summed E-state index contributed by atoms with van der Waals surface area (Å²) in [5, 5.41) is 8.61. The molecule has 0 saturated heterocycles. The Bertz CT molecular complexity index is 739. The molecule has 0 bridgehead atoms. The maximum absolute atomic E-state index is 14.2. The van der Waals surface area contributed by atoms with Crippen molar-refractivity contribution in [1.82, 2.24) is 10.2 Å². The van der Waals surface area contributed by atoms with Crippen LogP contribution >= 0.6 is 0 Å². The van der Waals surface area contributed by atoms with Crippen LogP contribution in [0.5, 0.6) is 5.75 Å². The fraction of sp³-hybridized carbons (Fsp3) is 0.600. The third kappa shape index (κ3) is 6.52. The van der Waals surface area contributed by atoms with Gasteiger partial charge in [0, 0.05) is 11.6 Å². The highest BCUT2D eigenvalue weighted by molar-refractivity contribution is 5.60. The molecule has 1 aromatic heterocycles. The number of hydrogen-bond donors (Lipinski definition) is 0. The molecule has 0 unspecified atom stereocenters. The summed E-state index contributed by atoms with van der Waals surface area (Å²) in [6.45, 7) is 2.28. The Kier molecular flexibility index (Phi) is 8.45. The molecule has 158 valence electrons. The van der Waals surface area contributed by atoms with Gasteiger partial charge in [0.05, 0.1) is 18.5 Å². The second-order valence-corrected chi connectivity index (χ2v) is 8.53. The van der Waals surface area contributed by atoms with Crippen molar-refractivity contribution in [3.8, 4) is 17.0 Å². The Balaban J connectivity index is 1.43. The molecule has 1 aliphatic rings. The van der Waals surface area contributed by atoms with Crippen LogP contribution in [0.1, 0.15) is 76.8 Å². The first kappa shape index (κ1) is 21.7. The summed E-state index contributed by atoms with van der Waals surface area (Å²) in [4.78, 5) is 0. The van der Waals surface area contributed by atoms with E-state index in [-0.39, 0.29) is 5.82 Å². The predicted octanol–water partition coefficient (Wildman–Crippen LogP) is 7.00. The van der Waals surface area contributed by atoms with Gasteiger partial charge in [-0.2, -0.15) is 10.2 Å². The summed E-state index contributed by atoms with van der Waals surface area (Å²) in [5.74, 6) is 1.95. The summed E-state index contributed by atoms with van der Waals surface area (Å²) in [6, 6.07) is 8.68. The van der Waals surface area contributed by atoms with Gasteiger partial charge in [-0.3, -0.25) is 0 Å². The molecule has 1 aliphatic carbocycles. The number of ether oxygens (including phenoxy) is 1. The van der Waals surface area contributed by atoms with Crippen LogP contribution in [0.2, 0.25) is 0 Å². The van der Waals surface area contributed by atoms with Gasteiger partial charge in [0.1, 0.15) is 11.6 Å². The minimum absolute atomic E-state index is 0.335. The third-order valence-electron chi connectivity index (χ3n) is 6.41. The van der Waals surface area contributed by atoms with E-state index in [0.717, 1.165) is 24.0 Å². The van der Waals surface area contributed by atoms with Gasteiger partial charge in [0.25, 0.3) is 0 Å². The van der Waals surface area contributed by atoms with E-state index >= 15 is 0 Å². The van der Waals surface area contributed by atoms with Gasteiger partial charge in [-0.1, -0.05) is 64.7 Å². The number of halogens is 1. The molecule has 4 heteroatoms. The van der Waals surface area contributed by atoms with E-state index in [1.54, 1.807) is 12.1 Å². The number of rotatable bonds is 10. The number of methoxy groups -OCH3 is 1. The molecule has 3 rings (SSSR count).